The summed E-state index contributed by atoms with van der Waals surface area (Å²) in [7, 11) is -3.65. The average molecular weight is 404 g/mol. The highest BCUT2D eigenvalue weighted by atomic mass is 32.2. The molecular formula is C20H25N3O4S. The second kappa shape index (κ2) is 9.89. The molecule has 0 bridgehead atoms. The number of sulfonamides is 1. The Morgan fingerprint density at radius 3 is 2.21 bits per heavy atom. The summed E-state index contributed by atoms with van der Waals surface area (Å²) in [5, 5.41) is 5.19. The van der Waals surface area contributed by atoms with Crippen molar-refractivity contribution in [3.63, 3.8) is 0 Å². The van der Waals surface area contributed by atoms with E-state index < -0.39 is 15.9 Å². The highest BCUT2D eigenvalue weighted by molar-refractivity contribution is 7.92. The van der Waals surface area contributed by atoms with Crippen molar-refractivity contribution in [3.05, 3.63) is 65.7 Å². The van der Waals surface area contributed by atoms with Crippen LogP contribution in [0.15, 0.2) is 54.6 Å². The molecule has 0 aromatic heterocycles. The fourth-order valence-corrected chi connectivity index (χ4v) is 3.56. The number of nitrogens with zero attached hydrogens (tertiary/aromatic N) is 1. The Hall–Kier alpha value is -2.87. The summed E-state index contributed by atoms with van der Waals surface area (Å²) in [6, 6.07) is 16.6. The monoisotopic (exact) mass is 403 g/mol. The first-order valence-electron chi connectivity index (χ1n) is 8.88. The third kappa shape index (κ3) is 6.70. The van der Waals surface area contributed by atoms with Gasteiger partial charge in [0.25, 0.3) is 0 Å². The zero-order chi connectivity index (χ0) is 20.6. The molecule has 0 saturated heterocycles. The van der Waals surface area contributed by atoms with Gasteiger partial charge in [0.05, 0.1) is 18.5 Å². The average Bonchev–Trinajstić information content (AvgIpc) is 2.65. The van der Waals surface area contributed by atoms with Crippen molar-refractivity contribution < 1.29 is 18.0 Å². The van der Waals surface area contributed by atoms with E-state index >= 15 is 0 Å². The van der Waals surface area contributed by atoms with Gasteiger partial charge in [-0.1, -0.05) is 48.5 Å². The first kappa shape index (κ1) is 21.4. The van der Waals surface area contributed by atoms with Crippen LogP contribution in [0.1, 0.15) is 11.1 Å². The second-order valence-electron chi connectivity index (χ2n) is 6.42. The molecule has 28 heavy (non-hydrogen) atoms. The molecule has 0 saturated carbocycles. The number of amides is 2. The van der Waals surface area contributed by atoms with Gasteiger partial charge in [0.2, 0.25) is 21.8 Å². The van der Waals surface area contributed by atoms with Gasteiger partial charge in [-0.3, -0.25) is 13.9 Å². The Morgan fingerprint density at radius 2 is 1.57 bits per heavy atom. The van der Waals surface area contributed by atoms with Crippen molar-refractivity contribution in [2.45, 2.75) is 13.3 Å². The van der Waals surface area contributed by atoms with Crippen molar-refractivity contribution >= 4 is 27.5 Å². The van der Waals surface area contributed by atoms with Crippen molar-refractivity contribution in [2.24, 2.45) is 0 Å². The number of benzene rings is 2. The maximum absolute atomic E-state index is 12.2. The first-order chi connectivity index (χ1) is 13.3. The lowest BCUT2D eigenvalue weighted by molar-refractivity contribution is -0.125. The van der Waals surface area contributed by atoms with Crippen LogP contribution in [0.2, 0.25) is 0 Å². The Kier molecular flexibility index (Phi) is 7.57. The molecule has 2 aromatic rings. The predicted molar refractivity (Wildman–Crippen MR) is 110 cm³/mol. The molecule has 0 aliphatic heterocycles. The van der Waals surface area contributed by atoms with Crippen molar-refractivity contribution in [2.75, 3.05) is 30.2 Å². The van der Waals surface area contributed by atoms with E-state index in [0.29, 0.717) is 18.7 Å². The van der Waals surface area contributed by atoms with E-state index in [9.17, 15) is 18.0 Å². The van der Waals surface area contributed by atoms with Crippen LogP contribution in [0.25, 0.3) is 0 Å². The van der Waals surface area contributed by atoms with Crippen LogP contribution in [0.5, 0.6) is 0 Å². The molecule has 2 aromatic carbocycles. The minimum Gasteiger partial charge on any atom is -0.354 e. The molecule has 2 amide bonds. The summed E-state index contributed by atoms with van der Waals surface area (Å²) >= 11 is 0. The molecule has 0 unspecified atom stereocenters. The molecule has 0 atom stereocenters. The fraction of sp³-hybridized carbons (Fsp3) is 0.300. The van der Waals surface area contributed by atoms with Gasteiger partial charge in [-0.25, -0.2) is 8.42 Å². The minimum atomic E-state index is -3.65. The molecule has 2 N–H and O–H groups in total. The lowest BCUT2D eigenvalue weighted by Gasteiger charge is -2.23. The number of para-hydroxylation sites is 1. The predicted octanol–water partition coefficient (Wildman–Crippen LogP) is 1.24. The summed E-state index contributed by atoms with van der Waals surface area (Å²) in [6.45, 7) is 1.63. The molecule has 150 valence electrons. The van der Waals surface area contributed by atoms with E-state index in [0.717, 1.165) is 21.7 Å². The number of carbonyl (C=O) groups excluding carboxylic acids is 2. The first-order valence-corrected chi connectivity index (χ1v) is 10.7. The van der Waals surface area contributed by atoms with Gasteiger partial charge in [-0.15, -0.1) is 0 Å². The number of aryl methyl sites for hydroxylation is 1. The smallest absolute Gasteiger partial charge is 0.241 e. The summed E-state index contributed by atoms with van der Waals surface area (Å²) in [4.78, 5) is 24.1. The Morgan fingerprint density at radius 1 is 0.929 bits per heavy atom. The third-order valence-corrected chi connectivity index (χ3v) is 5.22. The van der Waals surface area contributed by atoms with E-state index in [4.69, 9.17) is 0 Å². The Bertz CT molecular complexity index is 914. The molecule has 2 rings (SSSR count). The van der Waals surface area contributed by atoms with E-state index in [2.05, 4.69) is 10.6 Å². The van der Waals surface area contributed by atoms with Gasteiger partial charge in [-0.05, 0) is 30.5 Å². The standard InChI is InChI=1S/C20H25N3O4S/c1-16-8-6-7-11-18(16)23(28(2,26)27)15-20(25)22-14-19(24)21-13-12-17-9-4-3-5-10-17/h3-11H,12-15H2,1-2H3,(H,21,24)(H,22,25). The maximum Gasteiger partial charge on any atom is 0.241 e. The lowest BCUT2D eigenvalue weighted by Crippen LogP contribution is -2.44. The van der Waals surface area contributed by atoms with Gasteiger partial charge in [0.15, 0.2) is 0 Å². The minimum absolute atomic E-state index is 0.209. The molecule has 0 fully saturated rings. The SMILES string of the molecule is Cc1ccccc1N(CC(=O)NCC(=O)NCCc1ccccc1)S(C)(=O)=O. The summed E-state index contributed by atoms with van der Waals surface area (Å²) in [5.41, 5.74) is 2.28. The largest absolute Gasteiger partial charge is 0.354 e. The zero-order valence-electron chi connectivity index (χ0n) is 16.0. The molecule has 0 heterocycles. The van der Waals surface area contributed by atoms with Gasteiger partial charge in [0.1, 0.15) is 6.54 Å². The van der Waals surface area contributed by atoms with Gasteiger partial charge >= 0.3 is 0 Å². The fourth-order valence-electron chi connectivity index (χ4n) is 2.64. The number of carbonyl (C=O) groups is 2. The lowest BCUT2D eigenvalue weighted by atomic mass is 10.1. The van der Waals surface area contributed by atoms with Gasteiger partial charge in [-0.2, -0.15) is 0 Å². The number of hydrogen-bond acceptors (Lipinski definition) is 4. The number of anilines is 1. The van der Waals surface area contributed by atoms with Crippen LogP contribution in [0.3, 0.4) is 0 Å². The molecule has 8 heteroatoms. The number of hydrogen-bond donors (Lipinski definition) is 2. The van der Waals surface area contributed by atoms with Crippen LogP contribution >= 0.6 is 0 Å². The Labute approximate surface area is 165 Å². The van der Waals surface area contributed by atoms with E-state index in [1.165, 1.54) is 0 Å². The summed E-state index contributed by atoms with van der Waals surface area (Å²) in [5.74, 6) is -0.877. The van der Waals surface area contributed by atoms with Crippen LogP contribution in [-0.2, 0) is 26.0 Å². The van der Waals surface area contributed by atoms with Crippen molar-refractivity contribution in [1.29, 1.82) is 0 Å². The second-order valence-corrected chi connectivity index (χ2v) is 8.33. The third-order valence-electron chi connectivity index (χ3n) is 4.10. The molecule has 0 aliphatic rings. The molecule has 0 spiro atoms. The van der Waals surface area contributed by atoms with Crippen LogP contribution in [0, 0.1) is 6.92 Å². The molecule has 7 nitrogen and oxygen atoms in total. The summed E-state index contributed by atoms with van der Waals surface area (Å²) in [6.07, 6.45) is 1.73. The van der Waals surface area contributed by atoms with E-state index in [1.807, 2.05) is 30.3 Å². The molecular weight excluding hydrogens is 378 g/mol. The van der Waals surface area contributed by atoms with Crippen molar-refractivity contribution in [1.82, 2.24) is 10.6 Å². The zero-order valence-corrected chi connectivity index (χ0v) is 16.8. The molecule has 0 aliphatic carbocycles. The molecule has 0 radical (unpaired) electrons. The highest BCUT2D eigenvalue weighted by Crippen LogP contribution is 2.21. The van der Waals surface area contributed by atoms with Gasteiger partial charge in [0, 0.05) is 6.54 Å². The van der Waals surface area contributed by atoms with Crippen LogP contribution < -0.4 is 14.9 Å². The van der Waals surface area contributed by atoms with Crippen LogP contribution in [0.4, 0.5) is 5.69 Å². The normalized spacial score (nSPS) is 10.9. The number of nitrogens with one attached hydrogen (secondary N) is 2. The van der Waals surface area contributed by atoms with Gasteiger partial charge < -0.3 is 10.6 Å². The maximum atomic E-state index is 12.2. The quantitative estimate of drug-likeness (QED) is 0.658. The number of rotatable bonds is 9. The van der Waals surface area contributed by atoms with Crippen molar-refractivity contribution in [3.8, 4) is 0 Å². The van der Waals surface area contributed by atoms with E-state index in [1.54, 1.807) is 31.2 Å². The Balaban J connectivity index is 1.84. The van der Waals surface area contributed by atoms with E-state index in [-0.39, 0.29) is 19.0 Å². The van der Waals surface area contributed by atoms with Crippen LogP contribution in [-0.4, -0.2) is 46.1 Å². The topological polar surface area (TPSA) is 95.6 Å². The highest BCUT2D eigenvalue weighted by Gasteiger charge is 2.22. The summed E-state index contributed by atoms with van der Waals surface area (Å²) < 4.78 is 25.2.